The van der Waals surface area contributed by atoms with Crippen LogP contribution in [-0.2, 0) is 27.2 Å². The van der Waals surface area contributed by atoms with E-state index < -0.39 is 29.8 Å². The Morgan fingerprint density at radius 2 is 1.71 bits per heavy atom. The number of piperazine rings is 1. The summed E-state index contributed by atoms with van der Waals surface area (Å²) >= 11 is 0. The fourth-order valence-electron chi connectivity index (χ4n) is 5.73. The van der Waals surface area contributed by atoms with E-state index in [4.69, 9.17) is 0 Å². The second-order valence-electron chi connectivity index (χ2n) is 11.5. The second kappa shape index (κ2) is 11.1. The summed E-state index contributed by atoms with van der Waals surface area (Å²) in [6.07, 6.45) is 1.73. The zero-order chi connectivity index (χ0) is 27.7. The van der Waals surface area contributed by atoms with Gasteiger partial charge in [0.15, 0.2) is 0 Å². The van der Waals surface area contributed by atoms with Gasteiger partial charge in [0, 0.05) is 20.1 Å². The molecule has 3 unspecified atom stereocenters. The van der Waals surface area contributed by atoms with E-state index in [9.17, 15) is 14.4 Å². The lowest BCUT2D eigenvalue weighted by Crippen LogP contribution is -2.67. The number of halogens is 1. The lowest BCUT2D eigenvalue weighted by Gasteiger charge is -2.45. The average molecular weight is 523 g/mol. The quantitative estimate of drug-likeness (QED) is 0.555. The first kappa shape index (κ1) is 27.6. The molecule has 2 aromatic carbocycles. The average Bonchev–Trinajstić information content (AvgIpc) is 3.26. The van der Waals surface area contributed by atoms with Crippen LogP contribution in [-0.4, -0.2) is 54.8 Å². The van der Waals surface area contributed by atoms with E-state index >= 15 is 4.39 Å². The van der Waals surface area contributed by atoms with Crippen LogP contribution in [0.3, 0.4) is 0 Å². The molecule has 2 N–H and O–H groups in total. The molecule has 204 valence electrons. The number of carbonyl (C=O) groups is 3. The SMILES string of the molecule is CC(C)CC1C(=O)NC(C2Cc3ccccc3C2)C(=O)N1C(C(=O)NC(C)C)c1ccc(N(C)C)c(F)c1. The molecule has 38 heavy (non-hydrogen) atoms. The summed E-state index contributed by atoms with van der Waals surface area (Å²) in [6.45, 7) is 7.62. The predicted octanol–water partition coefficient (Wildman–Crippen LogP) is 3.61. The Balaban J connectivity index is 1.78. The van der Waals surface area contributed by atoms with Gasteiger partial charge < -0.3 is 20.4 Å². The number of nitrogens with one attached hydrogen (secondary N) is 2. The Hall–Kier alpha value is -3.42. The van der Waals surface area contributed by atoms with Gasteiger partial charge in [-0.1, -0.05) is 44.2 Å². The molecule has 7 nitrogen and oxygen atoms in total. The van der Waals surface area contributed by atoms with Gasteiger partial charge in [-0.3, -0.25) is 14.4 Å². The van der Waals surface area contributed by atoms with E-state index in [0.717, 1.165) is 0 Å². The molecule has 1 aliphatic heterocycles. The highest BCUT2D eigenvalue weighted by Crippen LogP contribution is 2.36. The van der Waals surface area contributed by atoms with Crippen LogP contribution in [0.2, 0.25) is 0 Å². The Kier molecular flexibility index (Phi) is 8.09. The van der Waals surface area contributed by atoms with Crippen molar-refractivity contribution in [3.05, 3.63) is 65.0 Å². The molecule has 4 rings (SSSR count). The third-order valence-electron chi connectivity index (χ3n) is 7.43. The molecule has 0 spiro atoms. The van der Waals surface area contributed by atoms with Crippen molar-refractivity contribution in [3.63, 3.8) is 0 Å². The maximum absolute atomic E-state index is 15.2. The van der Waals surface area contributed by atoms with Crippen molar-refractivity contribution in [1.29, 1.82) is 0 Å². The molecule has 3 amide bonds. The maximum Gasteiger partial charge on any atom is 0.247 e. The molecular formula is C30H39FN4O3. The maximum atomic E-state index is 15.2. The Morgan fingerprint density at radius 1 is 1.08 bits per heavy atom. The lowest BCUT2D eigenvalue weighted by molar-refractivity contribution is -0.158. The summed E-state index contributed by atoms with van der Waals surface area (Å²) in [6, 6.07) is 9.71. The first-order valence-electron chi connectivity index (χ1n) is 13.4. The molecule has 0 bridgehead atoms. The monoisotopic (exact) mass is 522 g/mol. The normalized spacial score (nSPS) is 20.5. The number of fused-ring (bicyclic) bond motifs is 1. The van der Waals surface area contributed by atoms with Gasteiger partial charge >= 0.3 is 0 Å². The van der Waals surface area contributed by atoms with Gasteiger partial charge in [-0.25, -0.2) is 4.39 Å². The summed E-state index contributed by atoms with van der Waals surface area (Å²) in [5, 5.41) is 5.91. The van der Waals surface area contributed by atoms with Crippen LogP contribution in [0.4, 0.5) is 10.1 Å². The van der Waals surface area contributed by atoms with Crippen molar-refractivity contribution in [1.82, 2.24) is 15.5 Å². The summed E-state index contributed by atoms with van der Waals surface area (Å²) in [4.78, 5) is 44.7. The summed E-state index contributed by atoms with van der Waals surface area (Å²) in [5.74, 6) is -1.52. The zero-order valence-electron chi connectivity index (χ0n) is 23.1. The number of hydrogen-bond donors (Lipinski definition) is 2. The molecule has 0 radical (unpaired) electrons. The molecule has 0 aromatic heterocycles. The molecular weight excluding hydrogens is 483 g/mol. The molecule has 0 saturated carbocycles. The third-order valence-corrected chi connectivity index (χ3v) is 7.43. The Bertz CT molecular complexity index is 1190. The van der Waals surface area contributed by atoms with Gasteiger partial charge in [-0.2, -0.15) is 0 Å². The number of rotatable bonds is 8. The molecule has 2 aliphatic rings. The fraction of sp³-hybridized carbons (Fsp3) is 0.500. The standard InChI is InChI=1S/C30H39FN4O3/c1-17(2)13-25-28(36)33-26(22-14-19-9-7-8-10-20(19)15-22)30(38)35(25)27(29(37)32-18(3)4)21-11-12-24(34(5)6)23(31)16-21/h7-12,16-18,22,25-27H,13-15H2,1-6H3,(H,32,37)(H,33,36). The lowest BCUT2D eigenvalue weighted by atomic mass is 9.87. The topological polar surface area (TPSA) is 81.8 Å². The van der Waals surface area contributed by atoms with Crippen molar-refractivity contribution in [2.45, 2.75) is 71.1 Å². The first-order chi connectivity index (χ1) is 18.0. The number of anilines is 1. The molecule has 1 fully saturated rings. The highest BCUT2D eigenvalue weighted by atomic mass is 19.1. The van der Waals surface area contributed by atoms with Crippen molar-refractivity contribution in [2.24, 2.45) is 11.8 Å². The van der Waals surface area contributed by atoms with E-state index in [1.165, 1.54) is 22.1 Å². The van der Waals surface area contributed by atoms with Crippen molar-refractivity contribution < 1.29 is 18.8 Å². The van der Waals surface area contributed by atoms with E-state index in [1.54, 1.807) is 31.1 Å². The summed E-state index contributed by atoms with van der Waals surface area (Å²) < 4.78 is 15.2. The van der Waals surface area contributed by atoms with E-state index in [2.05, 4.69) is 22.8 Å². The highest BCUT2D eigenvalue weighted by Gasteiger charge is 2.49. The van der Waals surface area contributed by atoms with Gasteiger partial charge in [0.05, 0.1) is 5.69 Å². The predicted molar refractivity (Wildman–Crippen MR) is 146 cm³/mol. The number of benzene rings is 2. The van der Waals surface area contributed by atoms with Crippen LogP contribution in [0.1, 0.15) is 56.8 Å². The van der Waals surface area contributed by atoms with E-state index in [1.807, 2.05) is 39.8 Å². The smallest absolute Gasteiger partial charge is 0.247 e. The molecule has 2 aromatic rings. The van der Waals surface area contributed by atoms with Crippen LogP contribution < -0.4 is 15.5 Å². The summed E-state index contributed by atoms with van der Waals surface area (Å²) in [7, 11) is 3.48. The van der Waals surface area contributed by atoms with E-state index in [0.29, 0.717) is 30.5 Å². The van der Waals surface area contributed by atoms with Crippen LogP contribution >= 0.6 is 0 Å². The first-order valence-corrected chi connectivity index (χ1v) is 13.4. The van der Waals surface area contributed by atoms with Crippen molar-refractivity contribution in [2.75, 3.05) is 19.0 Å². The minimum atomic E-state index is -1.14. The minimum absolute atomic E-state index is 0.0926. The van der Waals surface area contributed by atoms with Gasteiger partial charge in [-0.15, -0.1) is 0 Å². The fourth-order valence-corrected chi connectivity index (χ4v) is 5.73. The van der Waals surface area contributed by atoms with Crippen molar-refractivity contribution in [3.8, 4) is 0 Å². The van der Waals surface area contributed by atoms with Gasteiger partial charge in [0.1, 0.15) is 23.9 Å². The number of amides is 3. The van der Waals surface area contributed by atoms with Crippen LogP contribution in [0, 0.1) is 17.7 Å². The number of carbonyl (C=O) groups excluding carboxylic acids is 3. The van der Waals surface area contributed by atoms with Crippen molar-refractivity contribution >= 4 is 23.4 Å². The van der Waals surface area contributed by atoms with Crippen LogP contribution in [0.25, 0.3) is 0 Å². The van der Waals surface area contributed by atoms with Gasteiger partial charge in [-0.05, 0) is 73.8 Å². The molecule has 1 heterocycles. The Morgan fingerprint density at radius 3 is 2.24 bits per heavy atom. The number of nitrogens with zero attached hydrogens (tertiary/aromatic N) is 2. The largest absolute Gasteiger partial charge is 0.375 e. The van der Waals surface area contributed by atoms with Crippen LogP contribution in [0.15, 0.2) is 42.5 Å². The Labute approximate surface area is 224 Å². The number of hydrogen-bond acceptors (Lipinski definition) is 4. The zero-order valence-corrected chi connectivity index (χ0v) is 23.1. The van der Waals surface area contributed by atoms with Gasteiger partial charge in [0.25, 0.3) is 0 Å². The minimum Gasteiger partial charge on any atom is -0.375 e. The van der Waals surface area contributed by atoms with Gasteiger partial charge in [0.2, 0.25) is 17.7 Å². The molecule has 1 saturated heterocycles. The molecule has 8 heteroatoms. The highest BCUT2D eigenvalue weighted by molar-refractivity contribution is 6.00. The van der Waals surface area contributed by atoms with Crippen LogP contribution in [0.5, 0.6) is 0 Å². The third kappa shape index (κ3) is 5.54. The molecule has 3 atom stereocenters. The summed E-state index contributed by atoms with van der Waals surface area (Å²) in [5.41, 5.74) is 3.06. The molecule has 1 aliphatic carbocycles. The van der Waals surface area contributed by atoms with E-state index in [-0.39, 0.29) is 29.7 Å². The second-order valence-corrected chi connectivity index (χ2v) is 11.5.